The number of benzene rings is 2. The lowest BCUT2D eigenvalue weighted by Crippen LogP contribution is -2.37. The highest BCUT2D eigenvalue weighted by molar-refractivity contribution is 7.92. The Morgan fingerprint density at radius 3 is 2.30 bits per heavy atom. The maximum atomic E-state index is 12.5. The van der Waals surface area contributed by atoms with E-state index in [9.17, 15) is 13.2 Å². The fourth-order valence-electron chi connectivity index (χ4n) is 2.60. The van der Waals surface area contributed by atoms with Gasteiger partial charge in [0.25, 0.3) is 0 Å². The topological polar surface area (TPSA) is 75.7 Å². The quantitative estimate of drug-likeness (QED) is 0.747. The van der Waals surface area contributed by atoms with Crippen molar-refractivity contribution in [2.75, 3.05) is 29.0 Å². The van der Waals surface area contributed by atoms with Gasteiger partial charge < -0.3 is 10.1 Å². The number of para-hydroxylation sites is 2. The molecule has 1 N–H and O–H groups in total. The molecular weight excluding hydrogens is 364 g/mol. The van der Waals surface area contributed by atoms with E-state index in [0.717, 1.165) is 16.1 Å². The van der Waals surface area contributed by atoms with Crippen LogP contribution in [0, 0.1) is 0 Å². The van der Waals surface area contributed by atoms with E-state index >= 15 is 0 Å². The molecule has 6 nitrogen and oxygen atoms in total. The summed E-state index contributed by atoms with van der Waals surface area (Å²) in [5, 5.41) is 2.73. The molecular formula is C20H26N2O4S. The number of sulfonamides is 1. The van der Waals surface area contributed by atoms with Gasteiger partial charge >= 0.3 is 0 Å². The lowest BCUT2D eigenvalue weighted by atomic mass is 10.0. The summed E-state index contributed by atoms with van der Waals surface area (Å²) in [6.07, 6.45) is 1.09. The molecule has 0 heterocycles. The largest absolute Gasteiger partial charge is 0.492 e. The van der Waals surface area contributed by atoms with Crippen molar-refractivity contribution in [1.82, 2.24) is 0 Å². The van der Waals surface area contributed by atoms with E-state index in [1.807, 2.05) is 19.1 Å². The number of nitrogens with one attached hydrogen (secondary N) is 1. The van der Waals surface area contributed by atoms with Crippen LogP contribution in [0.4, 0.5) is 11.4 Å². The van der Waals surface area contributed by atoms with Gasteiger partial charge in [-0.2, -0.15) is 0 Å². The van der Waals surface area contributed by atoms with Gasteiger partial charge in [-0.15, -0.1) is 0 Å². The standard InChI is InChI=1S/C20H26N2O4S/c1-5-26-19-9-7-6-8-18(19)21-20(23)14-22(27(4,24)25)17-12-10-16(11-13-17)15(2)3/h6-13,15H,5,14H2,1-4H3,(H,21,23). The average Bonchev–Trinajstić information content (AvgIpc) is 2.61. The van der Waals surface area contributed by atoms with Crippen LogP contribution in [-0.2, 0) is 14.8 Å². The smallest absolute Gasteiger partial charge is 0.245 e. The highest BCUT2D eigenvalue weighted by Gasteiger charge is 2.21. The third-order valence-corrected chi connectivity index (χ3v) is 5.14. The lowest BCUT2D eigenvalue weighted by Gasteiger charge is -2.22. The summed E-state index contributed by atoms with van der Waals surface area (Å²) in [5.74, 6) is 0.435. The number of anilines is 2. The lowest BCUT2D eigenvalue weighted by molar-refractivity contribution is -0.114. The summed E-state index contributed by atoms with van der Waals surface area (Å²) in [6, 6.07) is 14.2. The maximum absolute atomic E-state index is 12.5. The second-order valence-electron chi connectivity index (χ2n) is 6.49. The second kappa shape index (κ2) is 8.90. The number of carbonyl (C=O) groups excluding carboxylic acids is 1. The Morgan fingerprint density at radius 1 is 1.11 bits per heavy atom. The number of rotatable bonds is 8. The Labute approximate surface area is 161 Å². The van der Waals surface area contributed by atoms with Crippen molar-refractivity contribution in [3.63, 3.8) is 0 Å². The molecule has 0 aromatic heterocycles. The van der Waals surface area contributed by atoms with Crippen LogP contribution in [-0.4, -0.2) is 33.7 Å². The molecule has 0 aliphatic carbocycles. The van der Waals surface area contributed by atoms with E-state index in [0.29, 0.717) is 29.6 Å². The van der Waals surface area contributed by atoms with Gasteiger partial charge in [-0.25, -0.2) is 8.42 Å². The van der Waals surface area contributed by atoms with E-state index in [-0.39, 0.29) is 6.54 Å². The summed E-state index contributed by atoms with van der Waals surface area (Å²) >= 11 is 0. The molecule has 0 atom stereocenters. The van der Waals surface area contributed by atoms with Gasteiger partial charge in [-0.3, -0.25) is 9.10 Å². The van der Waals surface area contributed by atoms with Gasteiger partial charge in [-0.1, -0.05) is 38.1 Å². The first kappa shape index (κ1) is 20.8. The van der Waals surface area contributed by atoms with Gasteiger partial charge in [0.15, 0.2) is 0 Å². The minimum atomic E-state index is -3.62. The van der Waals surface area contributed by atoms with E-state index in [2.05, 4.69) is 19.2 Å². The molecule has 2 aromatic carbocycles. The summed E-state index contributed by atoms with van der Waals surface area (Å²) < 4.78 is 31.0. The molecule has 0 radical (unpaired) electrons. The van der Waals surface area contributed by atoms with Gasteiger partial charge in [0.1, 0.15) is 12.3 Å². The van der Waals surface area contributed by atoms with Gasteiger partial charge in [-0.05, 0) is 42.7 Å². The number of hydrogen-bond acceptors (Lipinski definition) is 4. The van der Waals surface area contributed by atoms with Crippen LogP contribution in [0.2, 0.25) is 0 Å². The predicted molar refractivity (Wildman–Crippen MR) is 109 cm³/mol. The number of amides is 1. The molecule has 146 valence electrons. The number of hydrogen-bond donors (Lipinski definition) is 1. The molecule has 2 aromatic rings. The fourth-order valence-corrected chi connectivity index (χ4v) is 3.45. The summed E-state index contributed by atoms with van der Waals surface area (Å²) in [5.41, 5.74) is 2.06. The zero-order chi connectivity index (χ0) is 20.0. The van der Waals surface area contributed by atoms with Crippen molar-refractivity contribution < 1.29 is 17.9 Å². The molecule has 2 rings (SSSR count). The molecule has 0 saturated heterocycles. The number of nitrogens with zero attached hydrogens (tertiary/aromatic N) is 1. The van der Waals surface area contributed by atoms with Crippen LogP contribution < -0.4 is 14.4 Å². The Balaban J connectivity index is 2.20. The summed E-state index contributed by atoms with van der Waals surface area (Å²) in [4.78, 5) is 12.5. The first-order valence-corrected chi connectivity index (χ1v) is 10.7. The second-order valence-corrected chi connectivity index (χ2v) is 8.40. The van der Waals surface area contributed by atoms with Crippen molar-refractivity contribution >= 4 is 27.3 Å². The van der Waals surface area contributed by atoms with Gasteiger partial charge in [0, 0.05) is 0 Å². The number of ether oxygens (including phenoxy) is 1. The highest BCUT2D eigenvalue weighted by Crippen LogP contribution is 2.25. The monoisotopic (exact) mass is 390 g/mol. The van der Waals surface area contributed by atoms with E-state index in [4.69, 9.17) is 4.74 Å². The molecule has 7 heteroatoms. The molecule has 1 amide bonds. The Kier molecular flexibility index (Phi) is 6.85. The summed E-state index contributed by atoms with van der Waals surface area (Å²) in [6.45, 7) is 6.12. The van der Waals surface area contributed by atoms with Crippen molar-refractivity contribution in [2.24, 2.45) is 0 Å². The van der Waals surface area contributed by atoms with E-state index in [1.165, 1.54) is 0 Å². The Morgan fingerprint density at radius 2 is 1.74 bits per heavy atom. The minimum Gasteiger partial charge on any atom is -0.492 e. The van der Waals surface area contributed by atoms with Gasteiger partial charge in [0.05, 0.1) is 24.2 Å². The molecule has 0 fully saturated rings. The van der Waals surface area contributed by atoms with E-state index in [1.54, 1.807) is 36.4 Å². The average molecular weight is 391 g/mol. The SMILES string of the molecule is CCOc1ccccc1NC(=O)CN(c1ccc(C(C)C)cc1)S(C)(=O)=O. The minimum absolute atomic E-state index is 0.319. The van der Waals surface area contributed by atoms with Crippen molar-refractivity contribution in [3.05, 3.63) is 54.1 Å². The third-order valence-electron chi connectivity index (χ3n) is 4.00. The van der Waals surface area contributed by atoms with Crippen LogP contribution in [0.5, 0.6) is 5.75 Å². The van der Waals surface area contributed by atoms with Crippen molar-refractivity contribution in [3.8, 4) is 5.75 Å². The molecule has 0 aliphatic heterocycles. The maximum Gasteiger partial charge on any atom is 0.245 e. The predicted octanol–water partition coefficient (Wildman–Crippen LogP) is 3.61. The fraction of sp³-hybridized carbons (Fsp3) is 0.350. The van der Waals surface area contributed by atoms with E-state index < -0.39 is 15.9 Å². The van der Waals surface area contributed by atoms with Crippen LogP contribution in [0.1, 0.15) is 32.3 Å². The van der Waals surface area contributed by atoms with Crippen LogP contribution in [0.3, 0.4) is 0 Å². The molecule has 0 spiro atoms. The van der Waals surface area contributed by atoms with Crippen molar-refractivity contribution in [1.29, 1.82) is 0 Å². The zero-order valence-corrected chi connectivity index (χ0v) is 16.9. The van der Waals surface area contributed by atoms with Crippen LogP contribution in [0.15, 0.2) is 48.5 Å². The third kappa shape index (κ3) is 5.72. The molecule has 0 bridgehead atoms. The molecule has 27 heavy (non-hydrogen) atoms. The van der Waals surface area contributed by atoms with Crippen LogP contribution in [0.25, 0.3) is 0 Å². The first-order valence-electron chi connectivity index (χ1n) is 8.81. The number of carbonyl (C=O) groups is 1. The zero-order valence-electron chi connectivity index (χ0n) is 16.1. The molecule has 0 saturated carbocycles. The molecule has 0 aliphatic rings. The van der Waals surface area contributed by atoms with Crippen LogP contribution >= 0.6 is 0 Å². The normalized spacial score (nSPS) is 11.3. The summed E-state index contributed by atoms with van der Waals surface area (Å²) in [7, 11) is -3.62. The van der Waals surface area contributed by atoms with Gasteiger partial charge in [0.2, 0.25) is 15.9 Å². The Hall–Kier alpha value is -2.54. The van der Waals surface area contributed by atoms with Crippen molar-refractivity contribution in [2.45, 2.75) is 26.7 Å². The first-order chi connectivity index (χ1) is 12.7. The highest BCUT2D eigenvalue weighted by atomic mass is 32.2. The molecule has 0 unspecified atom stereocenters. The Bertz CT molecular complexity index is 877.